The van der Waals surface area contributed by atoms with Crippen molar-refractivity contribution in [3.05, 3.63) is 29.8 Å². The van der Waals surface area contributed by atoms with Crippen LogP contribution in [0.25, 0.3) is 0 Å². The van der Waals surface area contributed by atoms with Crippen molar-refractivity contribution in [2.75, 3.05) is 16.4 Å². The molecule has 0 aromatic heterocycles. The number of carbonyl (C=O) groups excluding carboxylic acids is 1. The maximum atomic E-state index is 12.3. The van der Waals surface area contributed by atoms with Crippen molar-refractivity contribution in [1.29, 1.82) is 0 Å². The first-order valence-corrected chi connectivity index (χ1v) is 11.7. The van der Waals surface area contributed by atoms with Gasteiger partial charge in [0.05, 0.1) is 17.5 Å². The van der Waals surface area contributed by atoms with Crippen LogP contribution in [0, 0.1) is 5.92 Å². The molecule has 26 heavy (non-hydrogen) atoms. The van der Waals surface area contributed by atoms with Crippen LogP contribution < -0.4 is 4.90 Å². The Hall–Kier alpha value is -1.34. The van der Waals surface area contributed by atoms with Gasteiger partial charge in [-0.1, -0.05) is 57.7 Å². The standard InChI is InChI=1S/C19H26N2O3S2/c1-12(2)9-18(22)20-19-21(15-8-6-5-7-14(15)13(3)4)16-10-26(23,24)11-17(16)25-19/h5-8,12-13,16-17H,9-11H2,1-4H3/t16-,17-/m0/s1. The zero-order valence-corrected chi connectivity index (χ0v) is 17.3. The van der Waals surface area contributed by atoms with Crippen molar-refractivity contribution < 1.29 is 13.2 Å². The molecule has 0 unspecified atom stereocenters. The highest BCUT2D eigenvalue weighted by Crippen LogP contribution is 2.43. The maximum Gasteiger partial charge on any atom is 0.248 e. The first-order chi connectivity index (χ1) is 12.2. The second kappa shape index (κ2) is 7.35. The molecule has 2 fully saturated rings. The Kier molecular flexibility index (Phi) is 5.49. The highest BCUT2D eigenvalue weighted by atomic mass is 32.2. The van der Waals surface area contributed by atoms with Crippen LogP contribution in [0.2, 0.25) is 0 Å². The van der Waals surface area contributed by atoms with E-state index in [-0.39, 0.29) is 34.6 Å². The zero-order valence-electron chi connectivity index (χ0n) is 15.7. The van der Waals surface area contributed by atoms with Gasteiger partial charge in [-0.3, -0.25) is 4.79 Å². The average Bonchev–Trinajstić information content (AvgIpc) is 2.97. The van der Waals surface area contributed by atoms with Gasteiger partial charge in [0.15, 0.2) is 15.0 Å². The molecular formula is C19H26N2O3S2. The summed E-state index contributed by atoms with van der Waals surface area (Å²) in [7, 11) is -3.05. The summed E-state index contributed by atoms with van der Waals surface area (Å²) in [5, 5.41) is 0.583. The largest absolute Gasteiger partial charge is 0.315 e. The third-order valence-corrected chi connectivity index (χ3v) is 7.90. The summed E-state index contributed by atoms with van der Waals surface area (Å²) >= 11 is 1.44. The molecule has 1 amide bonds. The summed E-state index contributed by atoms with van der Waals surface area (Å²) in [6, 6.07) is 7.86. The molecule has 7 heteroatoms. The number of hydrogen-bond donors (Lipinski definition) is 0. The lowest BCUT2D eigenvalue weighted by Gasteiger charge is -2.28. The fourth-order valence-electron chi connectivity index (χ4n) is 3.54. The number of hydrogen-bond acceptors (Lipinski definition) is 4. The fourth-order valence-corrected chi connectivity index (χ4v) is 7.47. The number of aliphatic imine (C=N–C) groups is 1. The maximum absolute atomic E-state index is 12.3. The molecule has 2 aliphatic heterocycles. The zero-order chi connectivity index (χ0) is 19.1. The first-order valence-electron chi connectivity index (χ1n) is 9.04. The number of carbonyl (C=O) groups is 1. The van der Waals surface area contributed by atoms with Gasteiger partial charge in [-0.2, -0.15) is 4.99 Å². The van der Waals surface area contributed by atoms with E-state index in [2.05, 4.69) is 24.9 Å². The molecule has 0 aliphatic carbocycles. The Balaban J connectivity index is 2.04. The van der Waals surface area contributed by atoms with Crippen LogP contribution in [-0.4, -0.2) is 42.3 Å². The van der Waals surface area contributed by atoms with Crippen LogP contribution in [0.3, 0.4) is 0 Å². The van der Waals surface area contributed by atoms with Gasteiger partial charge in [-0.15, -0.1) is 0 Å². The number of thioether (sulfide) groups is 1. The Morgan fingerprint density at radius 1 is 1.23 bits per heavy atom. The van der Waals surface area contributed by atoms with Crippen molar-refractivity contribution in [3.8, 4) is 0 Å². The van der Waals surface area contributed by atoms with Crippen molar-refractivity contribution >= 4 is 38.4 Å². The van der Waals surface area contributed by atoms with Crippen LogP contribution >= 0.6 is 11.8 Å². The predicted molar refractivity (Wildman–Crippen MR) is 109 cm³/mol. The summed E-state index contributed by atoms with van der Waals surface area (Å²) in [5.74, 6) is 0.668. The van der Waals surface area contributed by atoms with E-state index < -0.39 is 9.84 Å². The Morgan fingerprint density at radius 3 is 2.58 bits per heavy atom. The molecule has 5 nitrogen and oxygen atoms in total. The van der Waals surface area contributed by atoms with Gasteiger partial charge >= 0.3 is 0 Å². The Labute approximate surface area is 160 Å². The number of benzene rings is 1. The van der Waals surface area contributed by atoms with Crippen molar-refractivity contribution in [3.63, 3.8) is 0 Å². The molecule has 1 aromatic carbocycles. The topological polar surface area (TPSA) is 66.8 Å². The Morgan fingerprint density at radius 2 is 1.92 bits per heavy atom. The highest BCUT2D eigenvalue weighted by molar-refractivity contribution is 8.16. The number of rotatable bonds is 4. The van der Waals surface area contributed by atoms with Crippen molar-refractivity contribution in [2.24, 2.45) is 10.9 Å². The smallest absolute Gasteiger partial charge is 0.248 e. The SMILES string of the molecule is CC(C)CC(=O)N=C1S[C@H]2CS(=O)(=O)C[C@@H]2N1c1ccccc1C(C)C. The minimum absolute atomic E-state index is 0.0641. The summed E-state index contributed by atoms with van der Waals surface area (Å²) in [6.45, 7) is 8.22. The van der Waals surface area contributed by atoms with Crippen LogP contribution in [0.15, 0.2) is 29.3 Å². The van der Waals surface area contributed by atoms with Gasteiger partial charge in [-0.25, -0.2) is 8.42 Å². The fraction of sp³-hybridized carbons (Fsp3) is 0.579. The van der Waals surface area contributed by atoms with Gasteiger partial charge < -0.3 is 4.90 Å². The third kappa shape index (κ3) is 3.98. The average molecular weight is 395 g/mol. The summed E-state index contributed by atoms with van der Waals surface area (Å²) in [5.41, 5.74) is 2.11. The van der Waals surface area contributed by atoms with Crippen molar-refractivity contribution in [1.82, 2.24) is 0 Å². The normalized spacial score (nSPS) is 26.1. The molecule has 3 rings (SSSR count). The molecule has 0 saturated carbocycles. The summed E-state index contributed by atoms with van der Waals surface area (Å²) in [4.78, 5) is 18.7. The van der Waals surface area contributed by atoms with Crippen LogP contribution in [0.1, 0.15) is 45.6 Å². The number of amidine groups is 1. The number of fused-ring (bicyclic) bond motifs is 1. The molecule has 1 aromatic rings. The first kappa shape index (κ1) is 19.4. The minimum atomic E-state index is -3.05. The molecule has 0 spiro atoms. The molecular weight excluding hydrogens is 368 g/mol. The molecule has 2 atom stereocenters. The van der Waals surface area contributed by atoms with Crippen LogP contribution in [0.5, 0.6) is 0 Å². The van der Waals surface area contributed by atoms with Gasteiger partial charge in [-0.05, 0) is 23.5 Å². The van der Waals surface area contributed by atoms with E-state index in [1.807, 2.05) is 36.9 Å². The molecule has 0 radical (unpaired) electrons. The van der Waals surface area contributed by atoms with E-state index in [9.17, 15) is 13.2 Å². The quantitative estimate of drug-likeness (QED) is 0.782. The highest BCUT2D eigenvalue weighted by Gasteiger charge is 2.49. The third-order valence-electron chi connectivity index (χ3n) is 4.69. The second-order valence-corrected chi connectivity index (χ2v) is 11.1. The molecule has 2 heterocycles. The number of nitrogens with zero attached hydrogens (tertiary/aromatic N) is 2. The van der Waals surface area contributed by atoms with E-state index in [0.29, 0.717) is 17.5 Å². The summed E-state index contributed by atoms with van der Waals surface area (Å²) < 4.78 is 24.3. The van der Waals surface area contributed by atoms with E-state index in [0.717, 1.165) is 11.3 Å². The Bertz CT molecular complexity index is 831. The van der Waals surface area contributed by atoms with E-state index in [1.165, 1.54) is 11.8 Å². The van der Waals surface area contributed by atoms with Crippen LogP contribution in [0.4, 0.5) is 5.69 Å². The number of amides is 1. The van der Waals surface area contributed by atoms with Gasteiger partial charge in [0.2, 0.25) is 5.91 Å². The molecule has 2 aliphatic rings. The predicted octanol–water partition coefficient (Wildman–Crippen LogP) is 3.46. The summed E-state index contributed by atoms with van der Waals surface area (Å²) in [6.07, 6.45) is 0.400. The lowest BCUT2D eigenvalue weighted by molar-refractivity contribution is -0.118. The van der Waals surface area contributed by atoms with Gasteiger partial charge in [0.25, 0.3) is 0 Å². The van der Waals surface area contributed by atoms with E-state index in [4.69, 9.17) is 0 Å². The molecule has 142 valence electrons. The lowest BCUT2D eigenvalue weighted by Crippen LogP contribution is -2.38. The lowest BCUT2D eigenvalue weighted by atomic mass is 9.99. The van der Waals surface area contributed by atoms with Gasteiger partial charge in [0.1, 0.15) is 0 Å². The monoisotopic (exact) mass is 394 g/mol. The van der Waals surface area contributed by atoms with E-state index >= 15 is 0 Å². The number of sulfone groups is 1. The molecule has 2 saturated heterocycles. The van der Waals surface area contributed by atoms with Crippen molar-refractivity contribution in [2.45, 2.75) is 51.3 Å². The number of para-hydroxylation sites is 1. The molecule has 0 bridgehead atoms. The minimum Gasteiger partial charge on any atom is -0.315 e. The molecule has 0 N–H and O–H groups in total. The number of anilines is 1. The van der Waals surface area contributed by atoms with Crippen LogP contribution in [-0.2, 0) is 14.6 Å². The van der Waals surface area contributed by atoms with Gasteiger partial charge in [0, 0.05) is 17.4 Å². The second-order valence-electron chi connectivity index (χ2n) is 7.77. The van der Waals surface area contributed by atoms with E-state index in [1.54, 1.807) is 0 Å².